The van der Waals surface area contributed by atoms with Crippen molar-refractivity contribution in [3.8, 4) is 0 Å². The maximum Gasteiger partial charge on any atom is 0.0863 e. The zero-order valence-corrected chi connectivity index (χ0v) is 16.7. The first-order valence-corrected chi connectivity index (χ1v) is 10.00. The summed E-state index contributed by atoms with van der Waals surface area (Å²) in [6, 6.07) is 12.9. The van der Waals surface area contributed by atoms with Gasteiger partial charge in [0.25, 0.3) is 0 Å². The standard InChI is InChI=1S/C25H25N3/c1-17-10-11-22-20(15-17)25-18(2)7-6-9-23(25)28(22)19-12-14-27(3)24(16-19)21-8-4-5-13-26-21/h4-6,8-13,15-16,18H,7,14H2,1-3H3. The third kappa shape index (κ3) is 2.62. The monoisotopic (exact) mass is 367 g/mol. The van der Waals surface area contributed by atoms with Crippen LogP contribution in [0.4, 0.5) is 0 Å². The topological polar surface area (TPSA) is 21.1 Å². The molecular formula is C25H25N3. The second-order valence-electron chi connectivity index (χ2n) is 7.95. The molecule has 0 radical (unpaired) electrons. The minimum absolute atomic E-state index is 0.539. The van der Waals surface area contributed by atoms with Gasteiger partial charge in [-0.3, -0.25) is 4.98 Å². The van der Waals surface area contributed by atoms with E-state index in [2.05, 4.69) is 90.0 Å². The van der Waals surface area contributed by atoms with Crippen LogP contribution >= 0.6 is 0 Å². The van der Waals surface area contributed by atoms with Crippen LogP contribution in [-0.2, 0) is 0 Å². The third-order valence-corrected chi connectivity index (χ3v) is 5.91. The fourth-order valence-corrected chi connectivity index (χ4v) is 4.49. The molecule has 2 aliphatic rings. The second-order valence-corrected chi connectivity index (χ2v) is 7.95. The molecule has 3 heteroatoms. The normalized spacial score (nSPS) is 18.8. The predicted octanol–water partition coefficient (Wildman–Crippen LogP) is 5.69. The minimum atomic E-state index is 0.539. The smallest absolute Gasteiger partial charge is 0.0863 e. The zero-order chi connectivity index (χ0) is 19.3. The molecule has 1 atom stereocenters. The number of fused-ring (bicyclic) bond motifs is 3. The van der Waals surface area contributed by atoms with Crippen LogP contribution in [0.15, 0.2) is 60.8 Å². The summed E-state index contributed by atoms with van der Waals surface area (Å²) >= 11 is 0. The molecule has 1 aliphatic heterocycles. The minimum Gasteiger partial charge on any atom is -0.369 e. The molecule has 1 aliphatic carbocycles. The van der Waals surface area contributed by atoms with Crippen LogP contribution in [-0.4, -0.2) is 28.0 Å². The average Bonchev–Trinajstić information content (AvgIpc) is 3.04. The van der Waals surface area contributed by atoms with Gasteiger partial charge in [-0.2, -0.15) is 0 Å². The summed E-state index contributed by atoms with van der Waals surface area (Å²) in [6.07, 6.45) is 12.2. The number of aromatic nitrogens is 2. The number of hydrogen-bond donors (Lipinski definition) is 0. The molecule has 0 spiro atoms. The lowest BCUT2D eigenvalue weighted by Crippen LogP contribution is -2.21. The van der Waals surface area contributed by atoms with E-state index in [0.29, 0.717) is 5.92 Å². The number of rotatable bonds is 2. The van der Waals surface area contributed by atoms with Gasteiger partial charge in [0, 0.05) is 36.6 Å². The summed E-state index contributed by atoms with van der Waals surface area (Å²) in [5.74, 6) is 0.539. The summed E-state index contributed by atoms with van der Waals surface area (Å²) in [4.78, 5) is 6.84. The van der Waals surface area contributed by atoms with E-state index >= 15 is 0 Å². The molecule has 3 heterocycles. The number of benzene rings is 1. The molecule has 0 amide bonds. The van der Waals surface area contributed by atoms with E-state index in [-0.39, 0.29) is 0 Å². The van der Waals surface area contributed by atoms with Crippen molar-refractivity contribution in [1.29, 1.82) is 0 Å². The van der Waals surface area contributed by atoms with Crippen molar-refractivity contribution in [2.75, 3.05) is 13.6 Å². The van der Waals surface area contributed by atoms with Crippen LogP contribution in [0.25, 0.3) is 28.4 Å². The summed E-state index contributed by atoms with van der Waals surface area (Å²) in [5.41, 5.74) is 8.82. The predicted molar refractivity (Wildman–Crippen MR) is 118 cm³/mol. The van der Waals surface area contributed by atoms with Crippen LogP contribution in [0.2, 0.25) is 0 Å². The van der Waals surface area contributed by atoms with E-state index in [1.807, 2.05) is 12.3 Å². The number of hydrogen-bond acceptors (Lipinski definition) is 2. The Bertz CT molecular complexity index is 1150. The van der Waals surface area contributed by atoms with Gasteiger partial charge in [-0.1, -0.05) is 30.7 Å². The second kappa shape index (κ2) is 6.52. The SMILES string of the molecule is Cc1ccc2c(c1)c1c(n2C2=CCN(C)C(c3ccccn3)=C2)C=CCC1C. The van der Waals surface area contributed by atoms with Crippen LogP contribution in [0.5, 0.6) is 0 Å². The largest absolute Gasteiger partial charge is 0.369 e. The maximum atomic E-state index is 4.58. The Morgan fingerprint density at radius 3 is 2.86 bits per heavy atom. The van der Waals surface area contributed by atoms with Gasteiger partial charge in [0.05, 0.1) is 16.9 Å². The molecule has 1 aromatic carbocycles. The molecule has 0 saturated heterocycles. The Balaban J connectivity index is 1.74. The first-order chi connectivity index (χ1) is 13.6. The van der Waals surface area contributed by atoms with E-state index in [4.69, 9.17) is 0 Å². The van der Waals surface area contributed by atoms with Crippen molar-refractivity contribution >= 4 is 28.4 Å². The molecule has 140 valence electrons. The highest BCUT2D eigenvalue weighted by atomic mass is 15.1. The van der Waals surface area contributed by atoms with Crippen molar-refractivity contribution < 1.29 is 0 Å². The molecule has 0 bridgehead atoms. The van der Waals surface area contributed by atoms with Gasteiger partial charge in [-0.15, -0.1) is 0 Å². The molecule has 2 aromatic heterocycles. The molecule has 0 N–H and O–H groups in total. The first-order valence-electron chi connectivity index (χ1n) is 10.00. The highest BCUT2D eigenvalue weighted by Gasteiger charge is 2.25. The van der Waals surface area contributed by atoms with Crippen molar-refractivity contribution in [3.63, 3.8) is 0 Å². The first kappa shape index (κ1) is 17.1. The summed E-state index contributed by atoms with van der Waals surface area (Å²) in [5, 5.41) is 1.39. The van der Waals surface area contributed by atoms with Gasteiger partial charge < -0.3 is 9.47 Å². The number of allylic oxidation sites excluding steroid dienone is 3. The quantitative estimate of drug-likeness (QED) is 0.580. The van der Waals surface area contributed by atoms with E-state index in [0.717, 1.165) is 24.4 Å². The summed E-state index contributed by atoms with van der Waals surface area (Å²) in [6.45, 7) is 5.39. The highest BCUT2D eigenvalue weighted by molar-refractivity contribution is 5.95. The van der Waals surface area contributed by atoms with E-state index in [9.17, 15) is 0 Å². The van der Waals surface area contributed by atoms with Crippen LogP contribution < -0.4 is 0 Å². The Morgan fingerprint density at radius 1 is 1.14 bits per heavy atom. The Kier molecular flexibility index (Phi) is 3.97. The van der Waals surface area contributed by atoms with Gasteiger partial charge in [-0.25, -0.2) is 0 Å². The van der Waals surface area contributed by atoms with Gasteiger partial charge in [0.2, 0.25) is 0 Å². The molecule has 3 nitrogen and oxygen atoms in total. The van der Waals surface area contributed by atoms with Crippen molar-refractivity contribution in [1.82, 2.24) is 14.5 Å². The van der Waals surface area contributed by atoms with E-state index in [1.54, 1.807) is 0 Å². The maximum absolute atomic E-state index is 4.58. The van der Waals surface area contributed by atoms with Gasteiger partial charge in [0.15, 0.2) is 0 Å². The molecule has 1 unspecified atom stereocenters. The van der Waals surface area contributed by atoms with Crippen LogP contribution in [0, 0.1) is 6.92 Å². The number of likely N-dealkylation sites (N-methyl/N-ethyl adjacent to an activating group) is 1. The fourth-order valence-electron chi connectivity index (χ4n) is 4.49. The van der Waals surface area contributed by atoms with E-state index in [1.165, 1.54) is 33.4 Å². The Morgan fingerprint density at radius 2 is 2.04 bits per heavy atom. The number of aryl methyl sites for hydroxylation is 1. The average molecular weight is 367 g/mol. The highest BCUT2D eigenvalue weighted by Crippen LogP contribution is 2.40. The fraction of sp³-hybridized carbons (Fsp3) is 0.240. The van der Waals surface area contributed by atoms with Crippen LogP contribution in [0.1, 0.15) is 41.8 Å². The Hall–Kier alpha value is -3.07. The van der Waals surface area contributed by atoms with Gasteiger partial charge in [-0.05, 0) is 67.3 Å². The molecule has 0 saturated carbocycles. The zero-order valence-electron chi connectivity index (χ0n) is 16.7. The molecular weight excluding hydrogens is 342 g/mol. The summed E-state index contributed by atoms with van der Waals surface area (Å²) < 4.78 is 2.44. The van der Waals surface area contributed by atoms with Crippen molar-refractivity contribution in [2.24, 2.45) is 0 Å². The molecule has 0 fully saturated rings. The lowest BCUT2D eigenvalue weighted by Gasteiger charge is -2.27. The van der Waals surface area contributed by atoms with E-state index < -0.39 is 0 Å². The van der Waals surface area contributed by atoms with Crippen molar-refractivity contribution in [2.45, 2.75) is 26.2 Å². The lowest BCUT2D eigenvalue weighted by molar-refractivity contribution is 0.529. The van der Waals surface area contributed by atoms with Crippen LogP contribution in [0.3, 0.4) is 0 Å². The van der Waals surface area contributed by atoms with Crippen molar-refractivity contribution in [3.05, 3.63) is 83.3 Å². The molecule has 28 heavy (non-hydrogen) atoms. The number of pyridine rings is 1. The van der Waals surface area contributed by atoms with Gasteiger partial charge >= 0.3 is 0 Å². The number of nitrogens with zero attached hydrogens (tertiary/aromatic N) is 3. The van der Waals surface area contributed by atoms with Gasteiger partial charge in [0.1, 0.15) is 0 Å². The molecule has 3 aromatic rings. The third-order valence-electron chi connectivity index (χ3n) is 5.91. The lowest BCUT2D eigenvalue weighted by atomic mass is 9.90. The Labute approximate surface area is 166 Å². The molecule has 5 rings (SSSR count). The summed E-state index contributed by atoms with van der Waals surface area (Å²) in [7, 11) is 2.13.